The van der Waals surface area contributed by atoms with Gasteiger partial charge in [-0.05, 0) is 57.4 Å². The largest absolute Gasteiger partial charge is 0.312 e. The van der Waals surface area contributed by atoms with Crippen LogP contribution in [0.4, 0.5) is 0 Å². The average Bonchev–Trinajstić information content (AvgIpc) is 2.70. The molecule has 0 spiro atoms. The number of fused-ring (bicyclic) bond motifs is 1. The first-order valence-corrected chi connectivity index (χ1v) is 8.26. The van der Waals surface area contributed by atoms with Gasteiger partial charge in [0.25, 0.3) is 0 Å². The van der Waals surface area contributed by atoms with Gasteiger partial charge in [-0.1, -0.05) is 0 Å². The van der Waals surface area contributed by atoms with Crippen molar-refractivity contribution in [2.45, 2.75) is 25.1 Å². The lowest BCUT2D eigenvalue weighted by atomic mass is 10.2. The Bertz CT molecular complexity index is 324. The van der Waals surface area contributed by atoms with Crippen molar-refractivity contribution in [2.24, 2.45) is 0 Å². The zero-order valence-electron chi connectivity index (χ0n) is 10.8. The van der Waals surface area contributed by atoms with Crippen molar-refractivity contribution < 1.29 is 0 Å². The number of nitrogens with zero attached hydrogens (tertiary/aromatic N) is 1. The van der Waals surface area contributed by atoms with Crippen LogP contribution in [0.15, 0.2) is 6.07 Å². The quantitative estimate of drug-likeness (QED) is 0.800. The topological polar surface area (TPSA) is 15.3 Å². The SMILES string of the molecule is CN(C)CCCNCc1cc2c(s1)CCSC2. The van der Waals surface area contributed by atoms with Crippen LogP contribution in [0.5, 0.6) is 0 Å². The van der Waals surface area contributed by atoms with Crippen LogP contribution in [-0.2, 0) is 18.7 Å². The van der Waals surface area contributed by atoms with Crippen LogP contribution < -0.4 is 5.32 Å². The summed E-state index contributed by atoms with van der Waals surface area (Å²) in [6, 6.07) is 2.41. The van der Waals surface area contributed by atoms with Gasteiger partial charge in [0.05, 0.1) is 0 Å². The third-order valence-electron chi connectivity index (χ3n) is 2.94. The van der Waals surface area contributed by atoms with Gasteiger partial charge in [0.2, 0.25) is 0 Å². The van der Waals surface area contributed by atoms with E-state index in [0.29, 0.717) is 0 Å². The number of thioether (sulfide) groups is 1. The highest BCUT2D eigenvalue weighted by atomic mass is 32.2. The Kier molecular flexibility index (Phi) is 5.35. The molecular formula is C13H22N2S2. The Hall–Kier alpha value is -0.0300. The molecule has 4 heteroatoms. The van der Waals surface area contributed by atoms with Crippen LogP contribution in [-0.4, -0.2) is 37.8 Å². The van der Waals surface area contributed by atoms with Gasteiger partial charge in [-0.3, -0.25) is 0 Å². The van der Waals surface area contributed by atoms with E-state index < -0.39 is 0 Å². The minimum atomic E-state index is 1.05. The first kappa shape index (κ1) is 13.4. The Balaban J connectivity index is 1.70. The number of hydrogen-bond acceptors (Lipinski definition) is 4. The molecule has 0 unspecified atom stereocenters. The van der Waals surface area contributed by atoms with Crippen molar-refractivity contribution in [2.75, 3.05) is 32.9 Å². The van der Waals surface area contributed by atoms with Crippen LogP contribution in [0.25, 0.3) is 0 Å². The molecule has 1 aliphatic rings. The maximum absolute atomic E-state index is 3.54. The highest BCUT2D eigenvalue weighted by Gasteiger charge is 2.12. The lowest BCUT2D eigenvalue weighted by Gasteiger charge is -2.09. The van der Waals surface area contributed by atoms with Gasteiger partial charge >= 0.3 is 0 Å². The molecule has 0 amide bonds. The molecule has 0 atom stereocenters. The molecule has 0 bridgehead atoms. The number of hydrogen-bond donors (Lipinski definition) is 1. The maximum Gasteiger partial charge on any atom is 0.0299 e. The molecule has 0 aliphatic carbocycles. The molecule has 17 heavy (non-hydrogen) atoms. The normalized spacial score (nSPS) is 15.2. The highest BCUT2D eigenvalue weighted by Crippen LogP contribution is 2.31. The van der Waals surface area contributed by atoms with E-state index in [4.69, 9.17) is 0 Å². The maximum atomic E-state index is 3.54. The molecule has 1 aromatic heterocycles. The molecule has 96 valence electrons. The van der Waals surface area contributed by atoms with Crippen molar-refractivity contribution in [3.63, 3.8) is 0 Å². The van der Waals surface area contributed by atoms with E-state index in [-0.39, 0.29) is 0 Å². The van der Waals surface area contributed by atoms with Gasteiger partial charge in [-0.2, -0.15) is 11.8 Å². The van der Waals surface area contributed by atoms with Crippen molar-refractivity contribution in [3.8, 4) is 0 Å². The minimum Gasteiger partial charge on any atom is -0.312 e. The first-order chi connectivity index (χ1) is 8.25. The predicted octanol–water partition coefficient (Wildman–Crippen LogP) is 2.58. The van der Waals surface area contributed by atoms with Crippen LogP contribution in [0.1, 0.15) is 21.7 Å². The fourth-order valence-electron chi connectivity index (χ4n) is 2.03. The van der Waals surface area contributed by atoms with Crippen LogP contribution in [0, 0.1) is 0 Å². The Morgan fingerprint density at radius 3 is 3.06 bits per heavy atom. The first-order valence-electron chi connectivity index (χ1n) is 6.29. The third kappa shape index (κ3) is 4.28. The summed E-state index contributed by atoms with van der Waals surface area (Å²) in [6.45, 7) is 3.34. The van der Waals surface area contributed by atoms with Crippen molar-refractivity contribution in [1.29, 1.82) is 0 Å². The van der Waals surface area contributed by atoms with E-state index in [2.05, 4.69) is 42.1 Å². The second-order valence-corrected chi connectivity index (χ2v) is 7.12. The summed E-state index contributed by atoms with van der Waals surface area (Å²) >= 11 is 4.08. The highest BCUT2D eigenvalue weighted by molar-refractivity contribution is 7.98. The summed E-state index contributed by atoms with van der Waals surface area (Å²) in [7, 11) is 4.26. The number of rotatable bonds is 6. The zero-order valence-corrected chi connectivity index (χ0v) is 12.4. The molecular weight excluding hydrogens is 248 g/mol. The fourth-order valence-corrected chi connectivity index (χ4v) is 4.38. The fraction of sp³-hybridized carbons (Fsp3) is 0.692. The second-order valence-electron chi connectivity index (χ2n) is 4.80. The summed E-state index contributed by atoms with van der Waals surface area (Å²) in [6.07, 6.45) is 2.51. The molecule has 0 radical (unpaired) electrons. The van der Waals surface area contributed by atoms with E-state index in [1.807, 2.05) is 11.3 Å². The monoisotopic (exact) mass is 270 g/mol. The standard InChI is InChI=1S/C13H22N2S2/c1-15(2)6-3-5-14-9-12-8-11-10-16-7-4-13(11)17-12/h8,14H,3-7,9-10H2,1-2H3. The van der Waals surface area contributed by atoms with Gasteiger partial charge in [-0.15, -0.1) is 11.3 Å². The summed E-state index contributed by atoms with van der Waals surface area (Å²) in [5, 5.41) is 3.54. The summed E-state index contributed by atoms with van der Waals surface area (Å²) in [5.41, 5.74) is 1.59. The Labute approximate surface area is 113 Å². The zero-order chi connectivity index (χ0) is 12.1. The molecule has 0 saturated heterocycles. The van der Waals surface area contributed by atoms with Gasteiger partial charge in [0.1, 0.15) is 0 Å². The van der Waals surface area contributed by atoms with Gasteiger partial charge < -0.3 is 10.2 Å². The molecule has 1 N–H and O–H groups in total. The number of nitrogens with one attached hydrogen (secondary N) is 1. The molecule has 2 heterocycles. The van der Waals surface area contributed by atoms with Crippen molar-refractivity contribution in [3.05, 3.63) is 21.4 Å². The van der Waals surface area contributed by atoms with Gasteiger partial charge in [0, 0.05) is 22.1 Å². The van der Waals surface area contributed by atoms with E-state index in [9.17, 15) is 0 Å². The van der Waals surface area contributed by atoms with Gasteiger partial charge in [-0.25, -0.2) is 0 Å². The predicted molar refractivity (Wildman–Crippen MR) is 79.1 cm³/mol. The Morgan fingerprint density at radius 1 is 1.41 bits per heavy atom. The summed E-state index contributed by atoms with van der Waals surface area (Å²) < 4.78 is 0. The van der Waals surface area contributed by atoms with Crippen molar-refractivity contribution in [1.82, 2.24) is 10.2 Å². The minimum absolute atomic E-state index is 1.05. The lowest BCUT2D eigenvalue weighted by molar-refractivity contribution is 0.394. The number of aryl methyl sites for hydroxylation is 1. The molecule has 0 saturated carbocycles. The smallest absolute Gasteiger partial charge is 0.0299 e. The second kappa shape index (κ2) is 6.78. The number of thiophene rings is 1. The molecule has 0 fully saturated rings. The summed E-state index contributed by atoms with van der Waals surface area (Å²) in [4.78, 5) is 5.39. The van der Waals surface area contributed by atoms with Crippen LogP contribution in [0.3, 0.4) is 0 Å². The molecule has 2 rings (SSSR count). The molecule has 1 aliphatic heterocycles. The molecule has 1 aromatic rings. The average molecular weight is 270 g/mol. The van der Waals surface area contributed by atoms with Crippen molar-refractivity contribution >= 4 is 23.1 Å². The van der Waals surface area contributed by atoms with Gasteiger partial charge in [0.15, 0.2) is 0 Å². The van der Waals surface area contributed by atoms with E-state index in [0.717, 1.165) is 13.1 Å². The van der Waals surface area contributed by atoms with E-state index in [1.165, 1.54) is 35.8 Å². The third-order valence-corrected chi connectivity index (χ3v) is 5.18. The Morgan fingerprint density at radius 2 is 2.29 bits per heavy atom. The van der Waals surface area contributed by atoms with Crippen LogP contribution in [0.2, 0.25) is 0 Å². The van der Waals surface area contributed by atoms with E-state index in [1.54, 1.807) is 10.4 Å². The molecule has 2 nitrogen and oxygen atoms in total. The molecule has 0 aromatic carbocycles. The lowest BCUT2D eigenvalue weighted by Crippen LogP contribution is -2.20. The van der Waals surface area contributed by atoms with Crippen LogP contribution >= 0.6 is 23.1 Å². The van der Waals surface area contributed by atoms with E-state index >= 15 is 0 Å². The summed E-state index contributed by atoms with van der Waals surface area (Å²) in [5.74, 6) is 2.54.